The smallest absolute Gasteiger partial charge is 0.0426 e. The van der Waals surface area contributed by atoms with E-state index < -0.39 is 0 Å². The molecule has 21 heavy (non-hydrogen) atoms. The lowest BCUT2D eigenvalue weighted by molar-refractivity contribution is 0.292. The van der Waals surface area contributed by atoms with E-state index >= 15 is 0 Å². The summed E-state index contributed by atoms with van der Waals surface area (Å²) in [5, 5.41) is 3.63. The summed E-state index contributed by atoms with van der Waals surface area (Å²) in [6.45, 7) is 12.7. The van der Waals surface area contributed by atoms with E-state index in [2.05, 4.69) is 72.0 Å². The standard InChI is InChI=1S/C18H29BrN2/c1-5-10-20-14(2)16-8-7-15(19)12-17(16)21-11-6-9-18(3,4)13-21/h7-8,12,14,20H,5-6,9-11,13H2,1-4H3. The molecule has 118 valence electrons. The van der Waals surface area contributed by atoms with E-state index in [0.717, 1.165) is 13.1 Å². The fourth-order valence-corrected chi connectivity index (χ4v) is 3.61. The molecule has 1 aromatic carbocycles. The van der Waals surface area contributed by atoms with Gasteiger partial charge in [0.1, 0.15) is 0 Å². The van der Waals surface area contributed by atoms with Crippen molar-refractivity contribution in [3.05, 3.63) is 28.2 Å². The highest BCUT2D eigenvalue weighted by Crippen LogP contribution is 2.36. The second-order valence-corrected chi connectivity index (χ2v) is 7.98. The molecule has 1 saturated heterocycles. The topological polar surface area (TPSA) is 15.3 Å². The first-order valence-electron chi connectivity index (χ1n) is 8.21. The molecule has 1 aliphatic heterocycles. The van der Waals surface area contributed by atoms with Crippen LogP contribution in [0.5, 0.6) is 0 Å². The molecule has 0 aliphatic carbocycles. The van der Waals surface area contributed by atoms with Crippen LogP contribution in [0.4, 0.5) is 5.69 Å². The van der Waals surface area contributed by atoms with Gasteiger partial charge in [-0.2, -0.15) is 0 Å². The maximum Gasteiger partial charge on any atom is 0.0426 e. The van der Waals surface area contributed by atoms with Crippen molar-refractivity contribution in [3.8, 4) is 0 Å². The van der Waals surface area contributed by atoms with Crippen molar-refractivity contribution < 1.29 is 0 Å². The van der Waals surface area contributed by atoms with E-state index in [-0.39, 0.29) is 0 Å². The zero-order valence-corrected chi connectivity index (χ0v) is 15.5. The summed E-state index contributed by atoms with van der Waals surface area (Å²) in [5.41, 5.74) is 3.23. The third-order valence-electron chi connectivity index (χ3n) is 4.40. The largest absolute Gasteiger partial charge is 0.371 e. The quantitative estimate of drug-likeness (QED) is 0.789. The predicted molar refractivity (Wildman–Crippen MR) is 96.1 cm³/mol. The van der Waals surface area contributed by atoms with Gasteiger partial charge in [-0.15, -0.1) is 0 Å². The summed E-state index contributed by atoms with van der Waals surface area (Å²) in [6, 6.07) is 7.13. The van der Waals surface area contributed by atoms with E-state index in [4.69, 9.17) is 0 Å². The van der Waals surface area contributed by atoms with Crippen LogP contribution in [-0.2, 0) is 0 Å². The highest BCUT2D eigenvalue weighted by Gasteiger charge is 2.28. The summed E-state index contributed by atoms with van der Waals surface area (Å²) < 4.78 is 1.17. The lowest BCUT2D eigenvalue weighted by Crippen LogP contribution is -2.41. The minimum absolute atomic E-state index is 0.401. The second-order valence-electron chi connectivity index (χ2n) is 7.07. The fourth-order valence-electron chi connectivity index (χ4n) is 3.26. The van der Waals surface area contributed by atoms with Crippen LogP contribution in [0.25, 0.3) is 0 Å². The molecule has 0 amide bonds. The first-order valence-corrected chi connectivity index (χ1v) is 9.00. The van der Waals surface area contributed by atoms with Crippen molar-refractivity contribution in [1.82, 2.24) is 5.32 Å². The van der Waals surface area contributed by atoms with Crippen molar-refractivity contribution in [2.75, 3.05) is 24.5 Å². The molecule has 2 rings (SSSR count). The van der Waals surface area contributed by atoms with Gasteiger partial charge in [0.25, 0.3) is 0 Å². The van der Waals surface area contributed by atoms with Gasteiger partial charge >= 0.3 is 0 Å². The van der Waals surface area contributed by atoms with Crippen LogP contribution in [0.1, 0.15) is 58.6 Å². The van der Waals surface area contributed by atoms with Crippen LogP contribution >= 0.6 is 15.9 Å². The fraction of sp³-hybridized carbons (Fsp3) is 0.667. The summed E-state index contributed by atoms with van der Waals surface area (Å²) >= 11 is 3.65. The lowest BCUT2D eigenvalue weighted by Gasteiger charge is -2.41. The van der Waals surface area contributed by atoms with E-state index in [1.807, 2.05) is 0 Å². The summed E-state index contributed by atoms with van der Waals surface area (Å²) in [5.74, 6) is 0. The Balaban J connectivity index is 2.26. The molecule has 0 saturated carbocycles. The van der Waals surface area contributed by atoms with Crippen molar-refractivity contribution in [2.24, 2.45) is 5.41 Å². The number of anilines is 1. The highest BCUT2D eigenvalue weighted by atomic mass is 79.9. The van der Waals surface area contributed by atoms with Gasteiger partial charge in [-0.05, 0) is 55.8 Å². The number of nitrogens with one attached hydrogen (secondary N) is 1. The Morgan fingerprint density at radius 2 is 2.14 bits per heavy atom. The number of piperidine rings is 1. The van der Waals surface area contributed by atoms with Crippen LogP contribution in [0.15, 0.2) is 22.7 Å². The molecule has 1 heterocycles. The lowest BCUT2D eigenvalue weighted by atomic mass is 9.83. The molecule has 3 heteroatoms. The van der Waals surface area contributed by atoms with Gasteiger partial charge in [0.15, 0.2) is 0 Å². The first-order chi connectivity index (χ1) is 9.93. The second kappa shape index (κ2) is 7.15. The molecule has 1 fully saturated rings. The van der Waals surface area contributed by atoms with Crippen molar-refractivity contribution >= 4 is 21.6 Å². The third kappa shape index (κ3) is 4.46. The monoisotopic (exact) mass is 352 g/mol. The number of rotatable bonds is 5. The van der Waals surface area contributed by atoms with Crippen LogP contribution < -0.4 is 10.2 Å². The van der Waals surface area contributed by atoms with E-state index in [0.29, 0.717) is 11.5 Å². The molecule has 2 nitrogen and oxygen atoms in total. The normalized spacial score (nSPS) is 19.6. The Bertz CT molecular complexity index is 470. The van der Waals surface area contributed by atoms with Gasteiger partial charge in [0.05, 0.1) is 0 Å². The minimum atomic E-state index is 0.401. The Hall–Kier alpha value is -0.540. The number of hydrogen-bond acceptors (Lipinski definition) is 2. The molecular weight excluding hydrogens is 324 g/mol. The molecule has 0 radical (unpaired) electrons. The SMILES string of the molecule is CCCNC(C)c1ccc(Br)cc1N1CCCC(C)(C)C1. The molecule has 1 aromatic rings. The van der Waals surface area contributed by atoms with E-state index in [1.54, 1.807) is 0 Å². The van der Waals surface area contributed by atoms with Gasteiger partial charge in [-0.25, -0.2) is 0 Å². The summed E-state index contributed by atoms with van der Waals surface area (Å²) in [6.07, 6.45) is 3.79. The van der Waals surface area contributed by atoms with Crippen molar-refractivity contribution in [2.45, 2.75) is 53.0 Å². The average Bonchev–Trinajstić information content (AvgIpc) is 2.43. The zero-order valence-electron chi connectivity index (χ0n) is 13.9. The van der Waals surface area contributed by atoms with Crippen LogP contribution in [-0.4, -0.2) is 19.6 Å². The Morgan fingerprint density at radius 1 is 1.38 bits per heavy atom. The minimum Gasteiger partial charge on any atom is -0.371 e. The van der Waals surface area contributed by atoms with Crippen molar-refractivity contribution in [3.63, 3.8) is 0 Å². The molecular formula is C18H29BrN2. The predicted octanol–water partition coefficient (Wildman–Crippen LogP) is 5.14. The molecule has 1 unspecified atom stereocenters. The molecule has 1 atom stereocenters. The first kappa shape index (κ1) is 16.8. The van der Waals surface area contributed by atoms with Crippen LogP contribution in [0.3, 0.4) is 0 Å². The number of nitrogens with zero attached hydrogens (tertiary/aromatic N) is 1. The Labute approximate surface area is 138 Å². The molecule has 0 aromatic heterocycles. The average molecular weight is 353 g/mol. The maximum atomic E-state index is 3.65. The highest BCUT2D eigenvalue weighted by molar-refractivity contribution is 9.10. The van der Waals surface area contributed by atoms with Gasteiger partial charge in [-0.3, -0.25) is 0 Å². The van der Waals surface area contributed by atoms with Gasteiger partial charge < -0.3 is 10.2 Å². The van der Waals surface area contributed by atoms with Crippen LogP contribution in [0.2, 0.25) is 0 Å². The number of hydrogen-bond donors (Lipinski definition) is 1. The van der Waals surface area contributed by atoms with Crippen LogP contribution in [0, 0.1) is 5.41 Å². The van der Waals surface area contributed by atoms with Crippen molar-refractivity contribution in [1.29, 1.82) is 0 Å². The Morgan fingerprint density at radius 3 is 2.81 bits per heavy atom. The summed E-state index contributed by atoms with van der Waals surface area (Å²) in [4.78, 5) is 2.58. The molecule has 1 aliphatic rings. The zero-order chi connectivity index (χ0) is 15.5. The van der Waals surface area contributed by atoms with Gasteiger partial charge in [-0.1, -0.05) is 42.8 Å². The molecule has 0 spiro atoms. The molecule has 0 bridgehead atoms. The summed E-state index contributed by atoms with van der Waals surface area (Å²) in [7, 11) is 0. The number of benzene rings is 1. The van der Waals surface area contributed by atoms with Gasteiger partial charge in [0.2, 0.25) is 0 Å². The molecule has 1 N–H and O–H groups in total. The number of halogens is 1. The van der Waals surface area contributed by atoms with Gasteiger partial charge in [0, 0.05) is 29.3 Å². The maximum absolute atomic E-state index is 3.65. The van der Waals surface area contributed by atoms with E-state index in [9.17, 15) is 0 Å². The van der Waals surface area contributed by atoms with E-state index in [1.165, 1.54) is 41.5 Å². The third-order valence-corrected chi connectivity index (χ3v) is 4.89. The Kier molecular flexibility index (Phi) is 5.73.